The number of hydrogen-bond acceptors (Lipinski definition) is 5. The molecule has 2 amide bonds. The Morgan fingerprint density at radius 3 is 2.17 bits per heavy atom. The third-order valence-electron chi connectivity index (χ3n) is 6.02. The fourth-order valence-electron chi connectivity index (χ4n) is 4.74. The lowest BCUT2D eigenvalue weighted by Crippen LogP contribution is -2.49. The van der Waals surface area contributed by atoms with Crippen molar-refractivity contribution < 1.29 is 14.7 Å². The van der Waals surface area contributed by atoms with Crippen LogP contribution in [-0.4, -0.2) is 84.0 Å². The number of allylic oxidation sites excluding steroid dienone is 2. The molecule has 126 valence electrons. The number of aliphatic hydroxyl groups is 1. The summed E-state index contributed by atoms with van der Waals surface area (Å²) >= 11 is 0. The van der Waals surface area contributed by atoms with Gasteiger partial charge in [-0.2, -0.15) is 0 Å². The van der Waals surface area contributed by atoms with E-state index in [9.17, 15) is 14.7 Å². The van der Waals surface area contributed by atoms with Crippen LogP contribution < -0.4 is 0 Å². The summed E-state index contributed by atoms with van der Waals surface area (Å²) in [5, 5.41) is 10.4. The molecule has 6 heteroatoms. The summed E-state index contributed by atoms with van der Waals surface area (Å²) in [6, 6.07) is 0. The quantitative estimate of drug-likeness (QED) is 0.554. The number of hydrogen-bond donors (Lipinski definition) is 1. The van der Waals surface area contributed by atoms with Gasteiger partial charge in [0.15, 0.2) is 0 Å². The van der Waals surface area contributed by atoms with E-state index in [1.165, 1.54) is 4.90 Å². The lowest BCUT2D eigenvalue weighted by molar-refractivity contribution is -0.142. The lowest BCUT2D eigenvalue weighted by atomic mass is 9.85. The van der Waals surface area contributed by atoms with E-state index in [4.69, 9.17) is 0 Å². The van der Waals surface area contributed by atoms with Crippen LogP contribution >= 0.6 is 0 Å². The number of likely N-dealkylation sites (tertiary alicyclic amines) is 1. The molecule has 5 unspecified atom stereocenters. The molecule has 4 rings (SSSR count). The van der Waals surface area contributed by atoms with E-state index in [1.807, 2.05) is 0 Å². The van der Waals surface area contributed by atoms with Gasteiger partial charge in [-0.25, -0.2) is 0 Å². The number of β-amino-alcohol motifs (C(OH)–C–C–N with tert-alkyl or cyclic N) is 1. The van der Waals surface area contributed by atoms with Gasteiger partial charge in [0.25, 0.3) is 0 Å². The maximum atomic E-state index is 12.6. The minimum Gasteiger partial charge on any atom is -0.390 e. The highest BCUT2D eigenvalue weighted by Gasteiger charge is 2.59. The number of carbonyl (C=O) groups excluding carboxylic acids is 2. The van der Waals surface area contributed by atoms with Gasteiger partial charge in [-0.1, -0.05) is 12.2 Å². The predicted octanol–water partition coefficient (Wildman–Crippen LogP) is -0.598. The van der Waals surface area contributed by atoms with E-state index >= 15 is 0 Å². The first-order valence-corrected chi connectivity index (χ1v) is 8.67. The summed E-state index contributed by atoms with van der Waals surface area (Å²) in [4.78, 5) is 31.0. The molecule has 0 aromatic carbocycles. The molecule has 6 nitrogen and oxygen atoms in total. The van der Waals surface area contributed by atoms with Crippen LogP contribution in [0.4, 0.5) is 0 Å². The number of rotatable bonds is 4. The van der Waals surface area contributed by atoms with E-state index in [0.717, 1.165) is 32.6 Å². The minimum atomic E-state index is -0.657. The first kappa shape index (κ1) is 15.3. The molecule has 2 heterocycles. The molecule has 0 aromatic rings. The van der Waals surface area contributed by atoms with Crippen molar-refractivity contribution >= 4 is 11.8 Å². The van der Waals surface area contributed by atoms with E-state index in [1.54, 1.807) is 0 Å². The molecule has 0 aromatic heterocycles. The molecule has 1 N–H and O–H groups in total. The second kappa shape index (κ2) is 5.69. The van der Waals surface area contributed by atoms with Gasteiger partial charge in [0.2, 0.25) is 11.8 Å². The van der Waals surface area contributed by atoms with E-state index < -0.39 is 6.10 Å². The molecule has 3 fully saturated rings. The molecular weight excluding hydrogens is 294 g/mol. The predicted molar refractivity (Wildman–Crippen MR) is 84.4 cm³/mol. The Labute approximate surface area is 136 Å². The van der Waals surface area contributed by atoms with Crippen molar-refractivity contribution in [3.63, 3.8) is 0 Å². The summed E-state index contributed by atoms with van der Waals surface area (Å²) in [5.74, 6) is 0.0349. The minimum absolute atomic E-state index is 0.0609. The van der Waals surface area contributed by atoms with E-state index in [-0.39, 0.29) is 42.0 Å². The highest BCUT2D eigenvalue weighted by molar-refractivity contribution is 6.06. The number of fused-ring (bicyclic) bond motifs is 5. The number of amides is 2. The van der Waals surface area contributed by atoms with Crippen LogP contribution in [-0.2, 0) is 9.59 Å². The van der Waals surface area contributed by atoms with Gasteiger partial charge < -0.3 is 10.0 Å². The van der Waals surface area contributed by atoms with Crippen molar-refractivity contribution in [2.45, 2.75) is 12.5 Å². The Bertz CT molecular complexity index is 511. The Morgan fingerprint density at radius 2 is 1.61 bits per heavy atom. The van der Waals surface area contributed by atoms with Crippen LogP contribution in [0.25, 0.3) is 0 Å². The summed E-state index contributed by atoms with van der Waals surface area (Å²) in [7, 11) is 2.09. The number of aliphatic hydroxyl groups excluding tert-OH is 1. The molecule has 5 atom stereocenters. The summed E-state index contributed by atoms with van der Waals surface area (Å²) < 4.78 is 0. The van der Waals surface area contributed by atoms with Crippen molar-refractivity contribution in [2.24, 2.45) is 23.7 Å². The number of carbonyl (C=O) groups is 2. The normalized spacial score (nSPS) is 38.6. The Balaban J connectivity index is 1.36. The van der Waals surface area contributed by atoms with Gasteiger partial charge in [-0.15, -0.1) is 0 Å². The second-order valence-electron chi connectivity index (χ2n) is 7.54. The summed E-state index contributed by atoms with van der Waals surface area (Å²) in [5.41, 5.74) is 0. The average molecular weight is 319 g/mol. The van der Waals surface area contributed by atoms with Crippen LogP contribution in [0.2, 0.25) is 0 Å². The van der Waals surface area contributed by atoms with Gasteiger partial charge in [0.1, 0.15) is 0 Å². The Kier molecular flexibility index (Phi) is 3.78. The van der Waals surface area contributed by atoms with Gasteiger partial charge in [0.05, 0.1) is 24.5 Å². The van der Waals surface area contributed by atoms with E-state index in [2.05, 4.69) is 29.0 Å². The van der Waals surface area contributed by atoms with Crippen LogP contribution in [0.3, 0.4) is 0 Å². The van der Waals surface area contributed by atoms with Gasteiger partial charge in [-0.3, -0.25) is 19.4 Å². The smallest absolute Gasteiger partial charge is 0.233 e. The van der Waals surface area contributed by atoms with E-state index in [0.29, 0.717) is 6.54 Å². The van der Waals surface area contributed by atoms with Gasteiger partial charge in [-0.05, 0) is 25.3 Å². The van der Waals surface area contributed by atoms with Crippen molar-refractivity contribution in [1.82, 2.24) is 14.7 Å². The monoisotopic (exact) mass is 319 g/mol. The van der Waals surface area contributed by atoms with Crippen LogP contribution in [0.15, 0.2) is 12.2 Å². The highest BCUT2D eigenvalue weighted by atomic mass is 16.3. The molecule has 2 aliphatic carbocycles. The molecule has 4 aliphatic rings. The molecule has 2 aliphatic heterocycles. The topological polar surface area (TPSA) is 64.1 Å². The van der Waals surface area contributed by atoms with Crippen LogP contribution in [0.5, 0.6) is 0 Å². The van der Waals surface area contributed by atoms with Gasteiger partial charge in [0, 0.05) is 32.7 Å². The molecule has 0 radical (unpaired) electrons. The number of likely N-dealkylation sites (N-methyl/N-ethyl adjacent to an activating group) is 1. The molecule has 2 saturated heterocycles. The zero-order valence-corrected chi connectivity index (χ0v) is 13.6. The molecule has 2 bridgehead atoms. The lowest BCUT2D eigenvalue weighted by Gasteiger charge is -2.34. The van der Waals surface area contributed by atoms with Crippen molar-refractivity contribution in [2.75, 3.05) is 46.3 Å². The maximum absolute atomic E-state index is 12.6. The molecule has 1 saturated carbocycles. The SMILES string of the molecule is CN1CCN(CC(O)CN2C(=O)C3C4C=CC(C4)C3C2=O)CC1. The number of nitrogens with zero attached hydrogens (tertiary/aromatic N) is 3. The standard InChI is InChI=1S/C17H25N3O3/c1-18-4-6-19(7-5-18)9-13(21)10-20-16(22)14-11-2-3-12(8-11)15(14)17(20)23/h2-3,11-15,21H,4-10H2,1H3. The number of imide groups is 1. The zero-order chi connectivity index (χ0) is 16.1. The largest absolute Gasteiger partial charge is 0.390 e. The second-order valence-corrected chi connectivity index (χ2v) is 7.54. The molecule has 0 spiro atoms. The molecular formula is C17H25N3O3. The van der Waals surface area contributed by atoms with Crippen molar-refractivity contribution in [1.29, 1.82) is 0 Å². The van der Waals surface area contributed by atoms with Gasteiger partial charge >= 0.3 is 0 Å². The zero-order valence-electron chi connectivity index (χ0n) is 13.6. The summed E-state index contributed by atoms with van der Waals surface area (Å²) in [6.45, 7) is 4.52. The highest BCUT2D eigenvalue weighted by Crippen LogP contribution is 2.52. The fourth-order valence-corrected chi connectivity index (χ4v) is 4.74. The van der Waals surface area contributed by atoms with Crippen LogP contribution in [0, 0.1) is 23.7 Å². The van der Waals surface area contributed by atoms with Crippen LogP contribution in [0.1, 0.15) is 6.42 Å². The average Bonchev–Trinajstić information content (AvgIpc) is 3.19. The maximum Gasteiger partial charge on any atom is 0.233 e. The Hall–Kier alpha value is -1.24. The van der Waals surface area contributed by atoms with Crippen molar-refractivity contribution in [3.05, 3.63) is 12.2 Å². The first-order valence-electron chi connectivity index (χ1n) is 8.67. The fraction of sp³-hybridized carbons (Fsp3) is 0.765. The Morgan fingerprint density at radius 1 is 1.04 bits per heavy atom. The summed E-state index contributed by atoms with van der Waals surface area (Å²) in [6.07, 6.45) is 4.49. The third-order valence-corrected chi connectivity index (χ3v) is 6.02. The first-order chi connectivity index (χ1) is 11.0. The number of piperazine rings is 1. The molecule has 23 heavy (non-hydrogen) atoms. The van der Waals surface area contributed by atoms with Crippen molar-refractivity contribution in [3.8, 4) is 0 Å². The third kappa shape index (κ3) is 2.53.